The van der Waals surface area contributed by atoms with Gasteiger partial charge < -0.3 is 15.0 Å². The van der Waals surface area contributed by atoms with Gasteiger partial charge in [-0.2, -0.15) is 0 Å². The topological polar surface area (TPSA) is 58.6 Å². The van der Waals surface area contributed by atoms with E-state index in [2.05, 4.69) is 5.32 Å². The van der Waals surface area contributed by atoms with Crippen LogP contribution in [0.15, 0.2) is 54.6 Å². The number of hydrogen-bond donors (Lipinski definition) is 1. The fourth-order valence-electron chi connectivity index (χ4n) is 3.71. The lowest BCUT2D eigenvalue weighted by atomic mass is 9.95. The van der Waals surface area contributed by atoms with E-state index in [1.807, 2.05) is 18.2 Å². The lowest BCUT2D eigenvalue weighted by Gasteiger charge is -2.31. The smallest absolute Gasteiger partial charge is 0.261 e. The summed E-state index contributed by atoms with van der Waals surface area (Å²) in [5, 5.41) is 3.06. The zero-order valence-electron chi connectivity index (χ0n) is 17.4. The van der Waals surface area contributed by atoms with Gasteiger partial charge in [0.25, 0.3) is 5.91 Å². The van der Waals surface area contributed by atoms with E-state index >= 15 is 0 Å². The first-order valence-electron chi connectivity index (χ1n) is 10.6. The van der Waals surface area contributed by atoms with E-state index in [9.17, 15) is 14.0 Å². The van der Waals surface area contributed by atoms with Gasteiger partial charge in [0.15, 0.2) is 6.61 Å². The molecule has 0 radical (unpaired) electrons. The summed E-state index contributed by atoms with van der Waals surface area (Å²) < 4.78 is 19.8. The lowest BCUT2D eigenvalue weighted by Crippen LogP contribution is -2.51. The van der Waals surface area contributed by atoms with Crippen molar-refractivity contribution in [2.75, 3.05) is 6.61 Å². The summed E-state index contributed by atoms with van der Waals surface area (Å²) in [6, 6.07) is 14.7. The summed E-state index contributed by atoms with van der Waals surface area (Å²) in [6.07, 6.45) is 5.30. The maximum absolute atomic E-state index is 14.2. The second-order valence-corrected chi connectivity index (χ2v) is 7.73. The van der Waals surface area contributed by atoms with Crippen LogP contribution in [-0.4, -0.2) is 35.4 Å². The van der Waals surface area contributed by atoms with Crippen LogP contribution >= 0.6 is 0 Å². The van der Waals surface area contributed by atoms with E-state index < -0.39 is 11.9 Å². The van der Waals surface area contributed by atoms with Gasteiger partial charge in [0.05, 0.1) is 0 Å². The number of amides is 2. The van der Waals surface area contributed by atoms with Crippen LogP contribution in [0.2, 0.25) is 0 Å². The minimum atomic E-state index is -0.738. The molecular weight excluding hydrogens is 383 g/mol. The van der Waals surface area contributed by atoms with Crippen LogP contribution in [0.3, 0.4) is 0 Å². The number of rotatable bonds is 8. The first-order chi connectivity index (χ1) is 14.5. The Morgan fingerprint density at radius 2 is 1.73 bits per heavy atom. The van der Waals surface area contributed by atoms with Gasteiger partial charge in [-0.05, 0) is 38.0 Å². The molecule has 2 aromatic rings. The van der Waals surface area contributed by atoms with E-state index in [1.165, 1.54) is 17.4 Å². The van der Waals surface area contributed by atoms with Gasteiger partial charge in [0.2, 0.25) is 5.91 Å². The molecule has 0 aliphatic heterocycles. The quantitative estimate of drug-likeness (QED) is 0.711. The summed E-state index contributed by atoms with van der Waals surface area (Å²) >= 11 is 0. The minimum absolute atomic E-state index is 0.00289. The van der Waals surface area contributed by atoms with Gasteiger partial charge >= 0.3 is 0 Å². The van der Waals surface area contributed by atoms with Crippen LogP contribution < -0.4 is 10.1 Å². The predicted molar refractivity (Wildman–Crippen MR) is 113 cm³/mol. The second-order valence-electron chi connectivity index (χ2n) is 7.73. The number of carbonyl (C=O) groups is 2. The van der Waals surface area contributed by atoms with Gasteiger partial charge in [-0.3, -0.25) is 9.59 Å². The molecule has 0 saturated heterocycles. The third kappa shape index (κ3) is 6.05. The Hall–Kier alpha value is -2.89. The third-order valence-electron chi connectivity index (χ3n) is 5.52. The highest BCUT2D eigenvalue weighted by molar-refractivity contribution is 5.88. The largest absolute Gasteiger partial charge is 0.484 e. The molecule has 30 heavy (non-hydrogen) atoms. The molecule has 1 atom stereocenters. The molecule has 3 rings (SSSR count). The van der Waals surface area contributed by atoms with Crippen LogP contribution in [0.25, 0.3) is 0 Å². The van der Waals surface area contributed by atoms with E-state index in [1.54, 1.807) is 37.3 Å². The predicted octanol–water partition coefficient (Wildman–Crippen LogP) is 4.07. The van der Waals surface area contributed by atoms with Crippen LogP contribution in [0.1, 0.15) is 44.6 Å². The van der Waals surface area contributed by atoms with Gasteiger partial charge in [-0.15, -0.1) is 0 Å². The Morgan fingerprint density at radius 1 is 1.07 bits per heavy atom. The Balaban J connectivity index is 1.71. The van der Waals surface area contributed by atoms with Crippen molar-refractivity contribution in [3.63, 3.8) is 0 Å². The number of benzene rings is 2. The molecule has 5 nitrogen and oxygen atoms in total. The molecule has 0 bridgehead atoms. The third-order valence-corrected chi connectivity index (χ3v) is 5.52. The monoisotopic (exact) mass is 412 g/mol. The molecule has 0 unspecified atom stereocenters. The molecule has 0 aromatic heterocycles. The standard InChI is InChI=1S/C24H29FN2O3/c1-18(24(29)26-20-11-4-2-5-12-20)27(16-19-10-8-9-15-22(19)25)23(28)17-30-21-13-6-3-7-14-21/h3,6-10,13-15,18,20H,2,4-5,11-12,16-17H2,1H3,(H,26,29)/t18-/m0/s1. The number of ether oxygens (including phenoxy) is 1. The molecule has 0 spiro atoms. The summed E-state index contributed by atoms with van der Waals surface area (Å²) in [7, 11) is 0. The SMILES string of the molecule is C[C@@H](C(=O)NC1CCCCC1)N(Cc1ccccc1F)C(=O)COc1ccccc1. The highest BCUT2D eigenvalue weighted by Crippen LogP contribution is 2.19. The fraction of sp³-hybridized carbons (Fsp3) is 0.417. The summed E-state index contributed by atoms with van der Waals surface area (Å²) in [6.45, 7) is 1.46. The second kappa shape index (κ2) is 10.8. The molecule has 1 aliphatic rings. The van der Waals surface area contributed by atoms with E-state index in [0.717, 1.165) is 25.7 Å². The first kappa shape index (κ1) is 21.8. The van der Waals surface area contributed by atoms with E-state index in [0.29, 0.717) is 11.3 Å². The number of hydrogen-bond acceptors (Lipinski definition) is 3. The molecule has 1 fully saturated rings. The van der Waals surface area contributed by atoms with Crippen molar-refractivity contribution >= 4 is 11.8 Å². The average Bonchev–Trinajstić information content (AvgIpc) is 2.78. The number of halogens is 1. The van der Waals surface area contributed by atoms with Crippen molar-refractivity contribution in [2.45, 2.75) is 57.7 Å². The molecule has 160 valence electrons. The number of carbonyl (C=O) groups excluding carboxylic acids is 2. The van der Waals surface area contributed by atoms with E-state index in [4.69, 9.17) is 4.74 Å². The molecule has 2 amide bonds. The first-order valence-corrected chi connectivity index (χ1v) is 10.6. The summed E-state index contributed by atoms with van der Waals surface area (Å²) in [5.41, 5.74) is 0.364. The van der Waals surface area contributed by atoms with Crippen LogP contribution in [-0.2, 0) is 16.1 Å². The molecule has 1 N–H and O–H groups in total. The van der Waals surface area contributed by atoms with Crippen molar-refractivity contribution < 1.29 is 18.7 Å². The number of nitrogens with one attached hydrogen (secondary N) is 1. The average molecular weight is 413 g/mol. The van der Waals surface area contributed by atoms with Crippen LogP contribution in [0.5, 0.6) is 5.75 Å². The van der Waals surface area contributed by atoms with Crippen molar-refractivity contribution in [3.8, 4) is 5.75 Å². The maximum Gasteiger partial charge on any atom is 0.261 e. The Morgan fingerprint density at radius 3 is 2.43 bits per heavy atom. The molecular formula is C24H29FN2O3. The molecule has 6 heteroatoms. The van der Waals surface area contributed by atoms with Crippen molar-refractivity contribution in [1.29, 1.82) is 0 Å². The normalized spacial score (nSPS) is 15.3. The summed E-state index contributed by atoms with van der Waals surface area (Å²) in [5.74, 6) is -0.421. The molecule has 0 heterocycles. The Kier molecular flexibility index (Phi) is 7.82. The maximum atomic E-state index is 14.2. The van der Waals surface area contributed by atoms with Gasteiger partial charge in [-0.1, -0.05) is 55.7 Å². The van der Waals surface area contributed by atoms with Crippen molar-refractivity contribution in [3.05, 3.63) is 66.0 Å². The molecule has 1 saturated carbocycles. The van der Waals surface area contributed by atoms with Crippen LogP contribution in [0, 0.1) is 5.82 Å². The highest BCUT2D eigenvalue weighted by atomic mass is 19.1. The zero-order chi connectivity index (χ0) is 21.3. The molecule has 1 aliphatic carbocycles. The number of nitrogens with zero attached hydrogens (tertiary/aromatic N) is 1. The van der Waals surface area contributed by atoms with Crippen LogP contribution in [0.4, 0.5) is 4.39 Å². The van der Waals surface area contributed by atoms with E-state index in [-0.39, 0.29) is 31.0 Å². The Labute approximate surface area is 177 Å². The number of para-hydroxylation sites is 1. The highest BCUT2D eigenvalue weighted by Gasteiger charge is 2.29. The fourth-order valence-corrected chi connectivity index (χ4v) is 3.71. The lowest BCUT2D eigenvalue weighted by molar-refractivity contribution is -0.142. The Bertz CT molecular complexity index is 837. The summed E-state index contributed by atoms with van der Waals surface area (Å²) in [4.78, 5) is 27.2. The zero-order valence-corrected chi connectivity index (χ0v) is 17.4. The van der Waals surface area contributed by atoms with Gasteiger partial charge in [-0.25, -0.2) is 4.39 Å². The minimum Gasteiger partial charge on any atom is -0.484 e. The van der Waals surface area contributed by atoms with Crippen molar-refractivity contribution in [2.24, 2.45) is 0 Å². The van der Waals surface area contributed by atoms with Gasteiger partial charge in [0.1, 0.15) is 17.6 Å². The molecule has 2 aromatic carbocycles. The van der Waals surface area contributed by atoms with Gasteiger partial charge in [0, 0.05) is 18.2 Å². The van der Waals surface area contributed by atoms with Crippen molar-refractivity contribution in [1.82, 2.24) is 10.2 Å².